The van der Waals surface area contributed by atoms with Gasteiger partial charge in [0.05, 0.1) is 0 Å². The Morgan fingerprint density at radius 2 is 2.00 bits per heavy atom. The highest BCUT2D eigenvalue weighted by molar-refractivity contribution is 9.10. The zero-order valence-electron chi connectivity index (χ0n) is 11.9. The van der Waals surface area contributed by atoms with Gasteiger partial charge in [-0.3, -0.25) is 5.32 Å². The lowest BCUT2D eigenvalue weighted by Crippen LogP contribution is -2.27. The highest BCUT2D eigenvalue weighted by Crippen LogP contribution is 2.32. The minimum Gasteiger partial charge on any atom is -0.444 e. The van der Waals surface area contributed by atoms with E-state index in [1.165, 1.54) is 0 Å². The Kier molecular flexibility index (Phi) is 5.74. The molecule has 0 radical (unpaired) electrons. The molecule has 1 aromatic rings. The zero-order chi connectivity index (χ0) is 14.6. The number of hydrogen-bond donors (Lipinski definition) is 1. The number of halogens is 1. The van der Waals surface area contributed by atoms with Gasteiger partial charge in [-0.25, -0.2) is 4.79 Å². The first-order chi connectivity index (χ1) is 8.67. The summed E-state index contributed by atoms with van der Waals surface area (Å²) in [5.41, 5.74) is 0.246. The van der Waals surface area contributed by atoms with Gasteiger partial charge >= 0.3 is 6.09 Å². The first-order valence-corrected chi connectivity index (χ1v) is 7.81. The second kappa shape index (κ2) is 6.66. The van der Waals surface area contributed by atoms with E-state index in [1.807, 2.05) is 39.0 Å². The number of carbonyl (C=O) groups is 1. The maximum absolute atomic E-state index is 11.7. The fourth-order valence-electron chi connectivity index (χ4n) is 1.35. The Hall–Kier alpha value is -0.680. The molecule has 0 aliphatic heterocycles. The van der Waals surface area contributed by atoms with Crippen molar-refractivity contribution in [1.82, 2.24) is 0 Å². The molecule has 1 rings (SSSR count). The van der Waals surface area contributed by atoms with Crippen LogP contribution in [0.5, 0.6) is 0 Å². The molecule has 0 saturated heterocycles. The predicted molar refractivity (Wildman–Crippen MR) is 85.0 cm³/mol. The molecule has 0 aromatic heterocycles. The minimum atomic E-state index is -0.491. The second-order valence-corrected chi connectivity index (χ2v) is 7.91. The van der Waals surface area contributed by atoms with Gasteiger partial charge < -0.3 is 4.74 Å². The fourth-order valence-corrected chi connectivity index (χ4v) is 2.76. The van der Waals surface area contributed by atoms with Crippen LogP contribution in [0.1, 0.15) is 34.6 Å². The monoisotopic (exact) mass is 345 g/mol. The topological polar surface area (TPSA) is 38.3 Å². The molecule has 0 aliphatic rings. The van der Waals surface area contributed by atoms with Gasteiger partial charge in [0.25, 0.3) is 0 Å². The van der Waals surface area contributed by atoms with Crippen LogP contribution in [-0.4, -0.2) is 16.9 Å². The van der Waals surface area contributed by atoms with E-state index in [0.717, 1.165) is 15.1 Å². The smallest absolute Gasteiger partial charge is 0.412 e. The number of thioether (sulfide) groups is 1. The lowest BCUT2D eigenvalue weighted by atomic mass is 10.2. The van der Waals surface area contributed by atoms with Crippen molar-refractivity contribution in [2.75, 3.05) is 5.32 Å². The van der Waals surface area contributed by atoms with Crippen LogP contribution in [0.15, 0.2) is 27.6 Å². The first kappa shape index (κ1) is 16.4. The summed E-state index contributed by atoms with van der Waals surface area (Å²) in [6, 6.07) is 5.72. The van der Waals surface area contributed by atoms with Gasteiger partial charge in [0.1, 0.15) is 5.60 Å². The molecule has 0 unspecified atom stereocenters. The molecule has 1 aromatic carbocycles. The van der Waals surface area contributed by atoms with E-state index in [4.69, 9.17) is 4.74 Å². The Bertz CT molecular complexity index is 455. The summed E-state index contributed by atoms with van der Waals surface area (Å²) in [5, 5.41) is 3.22. The van der Waals surface area contributed by atoms with Crippen molar-refractivity contribution in [2.45, 2.75) is 50.4 Å². The third kappa shape index (κ3) is 6.34. The number of carbonyl (C=O) groups excluding carboxylic acids is 1. The number of nitrogens with one attached hydrogen (secondary N) is 1. The highest BCUT2D eigenvalue weighted by Gasteiger charge is 2.16. The first-order valence-electron chi connectivity index (χ1n) is 6.13. The minimum absolute atomic E-state index is 0.435. The van der Waals surface area contributed by atoms with Crippen molar-refractivity contribution in [2.24, 2.45) is 0 Å². The molecule has 0 spiro atoms. The summed E-state index contributed by atoms with van der Waals surface area (Å²) < 4.78 is 6.25. The van der Waals surface area contributed by atoms with E-state index < -0.39 is 11.7 Å². The largest absolute Gasteiger partial charge is 0.444 e. The number of rotatable bonds is 3. The molecule has 1 N–H and O–H groups in total. The highest BCUT2D eigenvalue weighted by atomic mass is 79.9. The van der Waals surface area contributed by atoms with E-state index in [1.54, 1.807) is 11.8 Å². The average molecular weight is 346 g/mol. The van der Waals surface area contributed by atoms with E-state index in [0.29, 0.717) is 5.25 Å². The molecule has 0 atom stereocenters. The molecule has 0 bridgehead atoms. The van der Waals surface area contributed by atoms with Crippen LogP contribution in [0.2, 0.25) is 0 Å². The zero-order valence-corrected chi connectivity index (χ0v) is 14.3. The van der Waals surface area contributed by atoms with E-state index in [9.17, 15) is 4.79 Å². The maximum atomic E-state index is 11.7. The van der Waals surface area contributed by atoms with Crippen LogP contribution in [0.3, 0.4) is 0 Å². The van der Waals surface area contributed by atoms with Crippen molar-refractivity contribution in [1.29, 1.82) is 0 Å². The predicted octanol–water partition coefficient (Wildman–Crippen LogP) is 5.30. The molecule has 0 fully saturated rings. The summed E-state index contributed by atoms with van der Waals surface area (Å²) in [4.78, 5) is 12.8. The van der Waals surface area contributed by atoms with Gasteiger partial charge in [0, 0.05) is 20.3 Å². The van der Waals surface area contributed by atoms with Crippen molar-refractivity contribution < 1.29 is 9.53 Å². The van der Waals surface area contributed by atoms with Crippen molar-refractivity contribution in [3.05, 3.63) is 22.7 Å². The Morgan fingerprint density at radius 1 is 1.37 bits per heavy atom. The summed E-state index contributed by atoms with van der Waals surface area (Å²) in [6.07, 6.45) is -0.435. The number of amides is 1. The standard InChI is InChI=1S/C14H20BrNO2S/c1-9(2)19-12-8-10(6-7-11(12)15)16-13(17)18-14(3,4)5/h6-9H,1-5H3,(H,16,17). The lowest BCUT2D eigenvalue weighted by Gasteiger charge is -2.20. The van der Waals surface area contributed by atoms with Gasteiger partial charge in [-0.1, -0.05) is 13.8 Å². The fraction of sp³-hybridized carbons (Fsp3) is 0.500. The normalized spacial score (nSPS) is 11.5. The molecule has 0 heterocycles. The van der Waals surface area contributed by atoms with Crippen LogP contribution >= 0.6 is 27.7 Å². The molecular weight excluding hydrogens is 326 g/mol. The van der Waals surface area contributed by atoms with E-state index >= 15 is 0 Å². The molecule has 5 heteroatoms. The Balaban J connectivity index is 2.77. The number of benzene rings is 1. The molecular formula is C14H20BrNO2S. The summed E-state index contributed by atoms with van der Waals surface area (Å²) in [5.74, 6) is 0. The van der Waals surface area contributed by atoms with Gasteiger partial charge in [-0.15, -0.1) is 11.8 Å². The van der Waals surface area contributed by atoms with E-state index in [2.05, 4.69) is 35.1 Å². The van der Waals surface area contributed by atoms with Crippen molar-refractivity contribution >= 4 is 39.5 Å². The van der Waals surface area contributed by atoms with E-state index in [-0.39, 0.29) is 0 Å². The average Bonchev–Trinajstić information content (AvgIpc) is 2.19. The van der Waals surface area contributed by atoms with Crippen LogP contribution in [0.4, 0.5) is 10.5 Å². The number of hydrogen-bond acceptors (Lipinski definition) is 3. The Morgan fingerprint density at radius 3 is 2.53 bits per heavy atom. The van der Waals surface area contributed by atoms with Crippen LogP contribution < -0.4 is 5.32 Å². The maximum Gasteiger partial charge on any atom is 0.412 e. The summed E-state index contributed by atoms with van der Waals surface area (Å²) in [7, 11) is 0. The van der Waals surface area contributed by atoms with Gasteiger partial charge in [0.15, 0.2) is 0 Å². The number of ether oxygens (including phenoxy) is 1. The third-order valence-electron chi connectivity index (χ3n) is 1.94. The van der Waals surface area contributed by atoms with Crippen LogP contribution in [-0.2, 0) is 4.74 Å². The summed E-state index contributed by atoms with van der Waals surface area (Å²) in [6.45, 7) is 9.78. The van der Waals surface area contributed by atoms with Crippen LogP contribution in [0.25, 0.3) is 0 Å². The lowest BCUT2D eigenvalue weighted by molar-refractivity contribution is 0.0636. The van der Waals surface area contributed by atoms with Crippen molar-refractivity contribution in [3.8, 4) is 0 Å². The molecule has 0 saturated carbocycles. The number of anilines is 1. The Labute approximate surface area is 127 Å². The molecule has 0 aliphatic carbocycles. The van der Waals surface area contributed by atoms with Crippen molar-refractivity contribution in [3.63, 3.8) is 0 Å². The van der Waals surface area contributed by atoms with Gasteiger partial charge in [-0.05, 0) is 54.9 Å². The molecule has 106 valence electrons. The quantitative estimate of drug-likeness (QED) is 0.755. The van der Waals surface area contributed by atoms with Gasteiger partial charge in [-0.2, -0.15) is 0 Å². The third-order valence-corrected chi connectivity index (χ3v) is 3.96. The molecule has 1 amide bonds. The molecule has 3 nitrogen and oxygen atoms in total. The summed E-state index contributed by atoms with van der Waals surface area (Å²) >= 11 is 5.25. The second-order valence-electron chi connectivity index (χ2n) is 5.44. The SMILES string of the molecule is CC(C)Sc1cc(NC(=O)OC(C)(C)C)ccc1Br. The molecule has 19 heavy (non-hydrogen) atoms. The van der Waals surface area contributed by atoms with Crippen LogP contribution in [0, 0.1) is 0 Å². The van der Waals surface area contributed by atoms with Gasteiger partial charge in [0.2, 0.25) is 0 Å².